The summed E-state index contributed by atoms with van der Waals surface area (Å²) in [6.45, 7) is 16.0. The van der Waals surface area contributed by atoms with E-state index in [0.717, 1.165) is 115 Å². The molecule has 7 heterocycles. The zero-order valence-corrected chi connectivity index (χ0v) is 48.3. The molecule has 4 fully saturated rings. The van der Waals surface area contributed by atoms with Crippen LogP contribution in [0.1, 0.15) is 73.6 Å². The molecule has 18 nitrogen and oxygen atoms in total. The number of β-amino-alcohol motifs (C(OH)–C–C–N with tert-alkyl or cyclic N) is 1. The third kappa shape index (κ3) is 13.5. The number of anilines is 2. The minimum absolute atomic E-state index is 0.00165. The fourth-order valence-corrected chi connectivity index (χ4v) is 13.6. The Bertz CT molecular complexity index is 3340. The second kappa shape index (κ2) is 25.3. The van der Waals surface area contributed by atoms with Crippen molar-refractivity contribution < 1.29 is 45.8 Å². The number of nitrogens with one attached hydrogen (secondary N) is 4. The molecule has 0 spiro atoms. The van der Waals surface area contributed by atoms with Gasteiger partial charge in [-0.2, -0.15) is 12.7 Å². The second-order valence-electron chi connectivity index (χ2n) is 23.0. The summed E-state index contributed by atoms with van der Waals surface area (Å²) in [5.74, 6) is -3.50. The number of rotatable bonds is 20. The van der Waals surface area contributed by atoms with E-state index in [1.54, 1.807) is 23.6 Å². The summed E-state index contributed by atoms with van der Waals surface area (Å²) in [5.41, 5.74) is 5.64. The van der Waals surface area contributed by atoms with Gasteiger partial charge in [-0.3, -0.25) is 29.3 Å². The molecular weight excluding hydrogens is 1100 g/mol. The van der Waals surface area contributed by atoms with Crippen LogP contribution in [0.2, 0.25) is 0 Å². The van der Waals surface area contributed by atoms with Gasteiger partial charge in [0.05, 0.1) is 52.8 Å². The van der Waals surface area contributed by atoms with Gasteiger partial charge in [0.2, 0.25) is 17.6 Å². The van der Waals surface area contributed by atoms with Gasteiger partial charge in [0.1, 0.15) is 23.7 Å². The Hall–Kier alpha value is -6.31. The van der Waals surface area contributed by atoms with Crippen molar-refractivity contribution in [3.8, 4) is 21.6 Å². The third-order valence-electron chi connectivity index (χ3n) is 16.3. The van der Waals surface area contributed by atoms with E-state index in [4.69, 9.17) is 4.74 Å². The molecule has 4 saturated heterocycles. The number of fused-ring (bicyclic) bond motifs is 1. The topological polar surface area (TPSA) is 209 Å². The fraction of sp³-hybridized carbons (Fsp3) is 0.475. The van der Waals surface area contributed by atoms with Gasteiger partial charge in [0, 0.05) is 120 Å². The number of ether oxygens (including phenoxy) is 1. The number of pyridine rings is 1. The summed E-state index contributed by atoms with van der Waals surface area (Å²) < 4.78 is 79.5. The molecule has 4 aliphatic heterocycles. The first-order valence-electron chi connectivity index (χ1n) is 28.1. The lowest BCUT2D eigenvalue weighted by Gasteiger charge is -2.39. The number of thiazole rings is 1. The number of likely N-dealkylation sites (tertiary alicyclic amines) is 1. The molecule has 0 saturated carbocycles. The molecule has 4 atom stereocenters. The Morgan fingerprint density at radius 2 is 1.61 bits per heavy atom. The highest BCUT2D eigenvalue weighted by Gasteiger charge is 2.44. The first-order valence-corrected chi connectivity index (χ1v) is 30.4. The summed E-state index contributed by atoms with van der Waals surface area (Å²) in [7, 11) is -4.36. The van der Waals surface area contributed by atoms with Crippen molar-refractivity contribution >= 4 is 61.6 Å². The van der Waals surface area contributed by atoms with Crippen molar-refractivity contribution in [3.63, 3.8) is 0 Å². The lowest BCUT2D eigenvalue weighted by Crippen LogP contribution is -2.57. The Morgan fingerprint density at radius 3 is 2.29 bits per heavy atom. The number of aliphatic hydroxyl groups is 1. The maximum atomic E-state index is 15.8. The van der Waals surface area contributed by atoms with Crippen LogP contribution in [0.3, 0.4) is 0 Å². The molecule has 3 aromatic carbocycles. The van der Waals surface area contributed by atoms with Crippen molar-refractivity contribution in [2.45, 2.75) is 84.3 Å². The maximum absolute atomic E-state index is 15.8. The number of amides is 2. The molecule has 0 radical (unpaired) electrons. The first-order chi connectivity index (χ1) is 39.3. The van der Waals surface area contributed by atoms with E-state index in [9.17, 15) is 32.3 Å². The lowest BCUT2D eigenvalue weighted by molar-refractivity contribution is -0.142. The number of benzene rings is 3. The van der Waals surface area contributed by atoms with E-state index >= 15 is 8.78 Å². The number of aliphatic hydroxyl groups excluding tert-OH is 1. The molecule has 82 heavy (non-hydrogen) atoms. The van der Waals surface area contributed by atoms with Crippen LogP contribution in [0, 0.1) is 29.9 Å². The number of carbonyl (C=O) groups is 3. The second-order valence-corrected chi connectivity index (χ2v) is 25.6. The summed E-state index contributed by atoms with van der Waals surface area (Å²) in [6, 6.07) is 18.1. The zero-order chi connectivity index (χ0) is 57.9. The van der Waals surface area contributed by atoms with Crippen LogP contribution >= 0.6 is 11.3 Å². The van der Waals surface area contributed by atoms with Gasteiger partial charge >= 0.3 is 10.2 Å². The summed E-state index contributed by atoms with van der Waals surface area (Å²) in [5, 5.41) is 17.3. The van der Waals surface area contributed by atoms with Gasteiger partial charge in [-0.15, -0.1) is 11.3 Å². The largest absolute Gasteiger partial charge is 0.391 e. The number of halogens is 3. The Kier molecular flexibility index (Phi) is 18.1. The van der Waals surface area contributed by atoms with E-state index in [1.807, 2.05) is 69.6 Å². The third-order valence-corrected chi connectivity index (χ3v) is 18.7. The van der Waals surface area contributed by atoms with E-state index in [0.29, 0.717) is 35.7 Å². The number of hydrogen-bond donors (Lipinski definition) is 5. The van der Waals surface area contributed by atoms with Gasteiger partial charge in [-0.25, -0.2) is 23.1 Å². The average molecular weight is 1170 g/mol. The summed E-state index contributed by atoms with van der Waals surface area (Å²) in [4.78, 5) is 63.2. The van der Waals surface area contributed by atoms with Gasteiger partial charge in [0.25, 0.3) is 0 Å². The van der Waals surface area contributed by atoms with Gasteiger partial charge in [-0.05, 0) is 84.5 Å². The highest BCUT2D eigenvalue weighted by Crippen LogP contribution is 2.34. The Morgan fingerprint density at radius 1 is 0.890 bits per heavy atom. The van der Waals surface area contributed by atoms with Crippen molar-refractivity contribution in [2.24, 2.45) is 11.3 Å². The van der Waals surface area contributed by atoms with Crippen molar-refractivity contribution in [1.29, 1.82) is 0 Å². The normalized spacial score (nSPS) is 20.2. The number of aryl methyl sites for hydroxylation is 1. The minimum Gasteiger partial charge on any atom is -0.391 e. The molecule has 438 valence electrons. The Balaban J connectivity index is 0.643. The van der Waals surface area contributed by atoms with Crippen LogP contribution in [0.5, 0.6) is 0 Å². The SMILES string of the molecule is Cc1ncsc1-c1ccc(CNC(=O)[C@@H]2C[C@@H](O)CN2C(=O)[C@@H](NCOCCN2CCN(CC3CCN(c4ccc(-c5cnc6[nH]cc(C(=O)c7c(F)ccc(NS(=O)(=O)N8CC[C@@H](F)C8)c7F)c6c5)cc4)CC3)CC2)C(C)(C)C)cc1. The van der Waals surface area contributed by atoms with Crippen LogP contribution in [-0.4, -0.2) is 175 Å². The smallest absolute Gasteiger partial charge is 0.301 e. The predicted molar refractivity (Wildman–Crippen MR) is 310 cm³/mol. The number of piperidine rings is 1. The number of aromatic amines is 1. The number of ketones is 1. The highest BCUT2D eigenvalue weighted by molar-refractivity contribution is 7.90. The van der Waals surface area contributed by atoms with Crippen LogP contribution in [0.15, 0.2) is 84.6 Å². The molecule has 0 bridgehead atoms. The number of nitrogens with zero attached hydrogens (tertiary/aromatic N) is 7. The zero-order valence-electron chi connectivity index (χ0n) is 46.7. The van der Waals surface area contributed by atoms with Crippen molar-refractivity contribution in [3.05, 3.63) is 119 Å². The van der Waals surface area contributed by atoms with Gasteiger partial charge < -0.3 is 34.8 Å². The van der Waals surface area contributed by atoms with Crippen molar-refractivity contribution in [1.82, 2.24) is 44.6 Å². The van der Waals surface area contributed by atoms with Crippen LogP contribution in [-0.2, 0) is 31.1 Å². The monoisotopic (exact) mass is 1170 g/mol. The van der Waals surface area contributed by atoms with E-state index in [1.165, 1.54) is 11.1 Å². The molecule has 23 heteroatoms. The standard InChI is InChI=1S/C59H72F3N11O7S2/c1-37-54(81-36-67-37)41-7-5-38(6-8-41)29-65-57(76)50-28-45(74)34-73(50)58(77)55(59(2,3)4)66-35-80-26-25-69-21-23-70(24-22-69)32-39-15-18-71(19-16-39)44-11-9-40(10-12-44)42-27-46-47(31-64-56(46)63-30-42)53(75)51-48(61)13-14-49(52(51)62)68-82(78,79)72-20-17-43(60)33-72/h5-14,27,30-31,36,39,43,45,50,55,66,68,74H,15-26,28-29,32-35H2,1-4H3,(H,63,64)(H,65,76)/t43-,45-,50+,55-/m1/s1. The molecular formula is C59H72F3N11O7S2. The van der Waals surface area contributed by atoms with Gasteiger partial charge in [0.15, 0.2) is 5.82 Å². The molecule has 4 aliphatic rings. The molecule has 2 amide bonds. The molecule has 0 aliphatic carbocycles. The average Bonchev–Trinajstić information content (AvgIpc) is 4.47. The predicted octanol–water partition coefficient (Wildman–Crippen LogP) is 6.96. The minimum atomic E-state index is -4.36. The molecule has 10 rings (SSSR count). The lowest BCUT2D eigenvalue weighted by atomic mass is 9.85. The molecule has 0 unspecified atom stereocenters. The maximum Gasteiger partial charge on any atom is 0.301 e. The number of alkyl halides is 1. The van der Waals surface area contributed by atoms with E-state index in [2.05, 4.69) is 57.1 Å². The number of aromatic nitrogens is 3. The van der Waals surface area contributed by atoms with Crippen LogP contribution in [0.25, 0.3) is 32.6 Å². The molecule has 3 aromatic heterocycles. The molecule has 5 N–H and O–H groups in total. The van der Waals surface area contributed by atoms with E-state index in [-0.39, 0.29) is 56.6 Å². The molecule has 6 aromatic rings. The number of piperazine rings is 1. The van der Waals surface area contributed by atoms with Crippen molar-refractivity contribution in [2.75, 3.05) is 95.0 Å². The van der Waals surface area contributed by atoms with Crippen LogP contribution < -0.4 is 20.3 Å². The summed E-state index contributed by atoms with van der Waals surface area (Å²) >= 11 is 1.59. The number of hydrogen-bond acceptors (Lipinski definition) is 14. The number of carbonyl (C=O) groups excluding carboxylic acids is 3. The number of H-pyrrole nitrogens is 1. The highest BCUT2D eigenvalue weighted by atomic mass is 32.2. The van der Waals surface area contributed by atoms with Gasteiger partial charge in [-0.1, -0.05) is 57.2 Å². The fourth-order valence-electron chi connectivity index (χ4n) is 11.5. The van der Waals surface area contributed by atoms with E-state index < -0.39 is 68.7 Å². The quantitative estimate of drug-likeness (QED) is 0.0298. The Labute approximate surface area is 480 Å². The summed E-state index contributed by atoms with van der Waals surface area (Å²) in [6.07, 6.45) is 3.14. The first kappa shape index (κ1) is 58.9. The van der Waals surface area contributed by atoms with Crippen LogP contribution in [0.4, 0.5) is 24.5 Å².